The van der Waals surface area contributed by atoms with Crippen molar-refractivity contribution in [2.24, 2.45) is 0 Å². The largest absolute Gasteiger partial charge is 0.394 e. The minimum atomic E-state index is -2.18. The molecule has 6 aliphatic rings. The Morgan fingerprint density at radius 1 is 0.342 bits per heavy atom. The summed E-state index contributed by atoms with van der Waals surface area (Å²) in [5.41, 5.74) is 0. The van der Waals surface area contributed by atoms with Crippen LogP contribution in [-0.2, 0) is 71.3 Å². The fraction of sp³-hybridized carbons (Fsp3) is 0.911. The average molecular weight is 1150 g/mol. The molecule has 34 nitrogen and oxygen atoms in total. The summed E-state index contributed by atoms with van der Waals surface area (Å²) in [6, 6.07) is -5.92. The van der Waals surface area contributed by atoms with Gasteiger partial charge in [0.1, 0.15) is 140 Å². The summed E-state index contributed by atoms with van der Waals surface area (Å²) < 4.78 is 64.1. The van der Waals surface area contributed by atoms with E-state index in [1.807, 2.05) is 0 Å². The summed E-state index contributed by atoms with van der Waals surface area (Å²) in [4.78, 5) is 48.9. The molecule has 456 valence electrons. The number of carbonyl (C=O) groups is 4. The fourth-order valence-corrected chi connectivity index (χ4v) is 10.3. The van der Waals surface area contributed by atoms with E-state index in [1.165, 1.54) is 13.8 Å². The van der Waals surface area contributed by atoms with Crippen LogP contribution >= 0.6 is 0 Å². The van der Waals surface area contributed by atoms with E-state index in [2.05, 4.69) is 21.3 Å². The van der Waals surface area contributed by atoms with Gasteiger partial charge in [-0.25, -0.2) is 0 Å². The molecule has 0 aromatic heterocycles. The quantitative estimate of drug-likeness (QED) is 0.0538. The van der Waals surface area contributed by atoms with Crippen LogP contribution in [0.15, 0.2) is 0 Å². The second-order valence-corrected chi connectivity index (χ2v) is 20.1. The van der Waals surface area contributed by atoms with Gasteiger partial charge in [-0.2, -0.15) is 0 Å². The number of carbonyl (C=O) groups excluding carboxylic acids is 4. The number of aliphatic hydroxyl groups excluding tert-OH is 15. The monoisotopic (exact) mass is 1150 g/mol. The molecule has 4 amide bonds. The van der Waals surface area contributed by atoms with E-state index < -0.39 is 247 Å². The number of amides is 4. The van der Waals surface area contributed by atoms with Crippen molar-refractivity contribution in [1.82, 2.24) is 21.3 Å². The minimum absolute atomic E-state index is 0.501. The van der Waals surface area contributed by atoms with Crippen LogP contribution < -0.4 is 21.3 Å². The molecule has 79 heavy (non-hydrogen) atoms. The smallest absolute Gasteiger partial charge is 0.217 e. The van der Waals surface area contributed by atoms with E-state index in [0.717, 1.165) is 20.8 Å². The first-order chi connectivity index (χ1) is 37.3. The Morgan fingerprint density at radius 3 is 1.05 bits per heavy atom. The molecule has 19 N–H and O–H groups in total. The molecule has 0 bridgehead atoms. The van der Waals surface area contributed by atoms with Crippen LogP contribution in [0.3, 0.4) is 0 Å². The highest BCUT2D eigenvalue weighted by Crippen LogP contribution is 2.36. The normalized spacial score (nSPS) is 46.7. The zero-order chi connectivity index (χ0) is 58.5. The number of hydrogen-bond acceptors (Lipinski definition) is 30. The first-order valence-corrected chi connectivity index (χ1v) is 25.4. The second kappa shape index (κ2) is 28.4. The SMILES string of the molecule is CC(=O)NC1[C@H](O[C@@H]2C(O)[C@H](O[C@@H]3C(CO)O[C@@H](O[C@@H]4C(O)[C@H](O[C@@H]5C(CO)O[C@@H](OCC6OC(C)C(NC(C)=O)[C@@H](O)[C@H]6O)C(NC(C)=O)[C@H]5O)OC(CO)[C@@H]4O)C(NC(C)=O)[C@H]3O)OC(CO)[C@@H]2O)OC(CO)[C@@H](O)[C@@H]1O. The van der Waals surface area contributed by atoms with Crippen LogP contribution in [0.4, 0.5) is 0 Å². The van der Waals surface area contributed by atoms with E-state index >= 15 is 0 Å². The van der Waals surface area contributed by atoms with Crippen molar-refractivity contribution in [3.8, 4) is 0 Å². The molecule has 34 heteroatoms. The van der Waals surface area contributed by atoms with Gasteiger partial charge in [0.2, 0.25) is 23.6 Å². The first-order valence-electron chi connectivity index (χ1n) is 25.4. The Hall–Kier alpha value is -3.16. The lowest BCUT2D eigenvalue weighted by Gasteiger charge is -2.50. The molecule has 6 heterocycles. The first kappa shape index (κ1) is 65.0. The summed E-state index contributed by atoms with van der Waals surface area (Å²) in [5, 5.41) is 174. The van der Waals surface area contributed by atoms with Crippen LogP contribution in [0.2, 0.25) is 0 Å². The number of hydrogen-bond donors (Lipinski definition) is 19. The second-order valence-electron chi connectivity index (χ2n) is 20.1. The molecular weight excluding hydrogens is 1080 g/mol. The summed E-state index contributed by atoms with van der Waals surface area (Å²) in [6.07, 6.45) is -46.2. The summed E-state index contributed by atoms with van der Waals surface area (Å²) in [5.74, 6) is -2.83. The van der Waals surface area contributed by atoms with Gasteiger partial charge in [0.05, 0.1) is 51.8 Å². The highest BCUT2D eigenvalue weighted by molar-refractivity contribution is 5.74. The molecule has 0 aliphatic carbocycles. The molecular formula is C45H76N4O30. The third-order valence-electron chi connectivity index (χ3n) is 14.3. The van der Waals surface area contributed by atoms with Crippen LogP contribution in [0.25, 0.3) is 0 Å². The van der Waals surface area contributed by atoms with Gasteiger partial charge in [-0.15, -0.1) is 0 Å². The summed E-state index contributed by atoms with van der Waals surface area (Å²) in [6.45, 7) is 0.488. The third kappa shape index (κ3) is 14.8. The number of aliphatic hydroxyl groups is 15. The predicted octanol–water partition coefficient (Wildman–Crippen LogP) is -12.5. The standard InChI is InChI=1S/C45H76N4O30/c1-12-23(46-13(2)55)31(63)28(60)22(70-12)11-69-41-25(48-15(4)57)33(65)37(20(9-53)74-41)76-44-36(68)40(30(62)19(8-52)72-44)79-43-26(49-16(5)58)34(66)38(21(10-54)75-43)77-45-35(67)39(29(61)18(7-51)73-45)78-42-24(47-14(3)56)32(64)27(59)17(6-50)71-42/h12,17-45,50-54,59-68H,6-11H2,1-5H3,(H,46,55)(H,47,56)(H,48,57)(H,49,58)/t12?,17?,18?,19?,20?,21?,22?,23?,24?,25?,26?,27-,28+,29+,30+,31-,32-,33-,34-,35?,36?,37-,38-,39+,40+,41-,42+,43+,44+,45+/m1/s1. The van der Waals surface area contributed by atoms with Crippen LogP contribution in [-0.4, -0.2) is 324 Å². The highest BCUT2D eigenvalue weighted by atomic mass is 16.8. The van der Waals surface area contributed by atoms with E-state index in [0.29, 0.717) is 0 Å². The molecule has 13 unspecified atom stereocenters. The maximum absolute atomic E-state index is 12.7. The van der Waals surface area contributed by atoms with Crippen molar-refractivity contribution in [3.05, 3.63) is 0 Å². The molecule has 6 rings (SSSR count). The molecule has 6 saturated heterocycles. The highest BCUT2D eigenvalue weighted by Gasteiger charge is 2.58. The summed E-state index contributed by atoms with van der Waals surface area (Å²) >= 11 is 0. The molecule has 30 atom stereocenters. The van der Waals surface area contributed by atoms with Crippen LogP contribution in [0, 0.1) is 0 Å². The lowest BCUT2D eigenvalue weighted by molar-refractivity contribution is -0.383. The van der Waals surface area contributed by atoms with Gasteiger partial charge in [-0.1, -0.05) is 0 Å². The zero-order valence-corrected chi connectivity index (χ0v) is 43.4. The van der Waals surface area contributed by atoms with Crippen LogP contribution in [0.5, 0.6) is 0 Å². The van der Waals surface area contributed by atoms with Gasteiger partial charge in [-0.05, 0) is 6.92 Å². The molecule has 0 saturated carbocycles. The van der Waals surface area contributed by atoms with Gasteiger partial charge in [0.25, 0.3) is 0 Å². The predicted molar refractivity (Wildman–Crippen MR) is 249 cm³/mol. The molecule has 0 aromatic rings. The van der Waals surface area contributed by atoms with E-state index in [-0.39, 0.29) is 0 Å². The number of nitrogens with one attached hydrogen (secondary N) is 4. The van der Waals surface area contributed by atoms with Gasteiger partial charge < -0.3 is 150 Å². The van der Waals surface area contributed by atoms with E-state index in [9.17, 15) is 95.8 Å². The summed E-state index contributed by atoms with van der Waals surface area (Å²) in [7, 11) is 0. The Bertz CT molecular complexity index is 1990. The van der Waals surface area contributed by atoms with Gasteiger partial charge >= 0.3 is 0 Å². The van der Waals surface area contributed by atoms with Crippen molar-refractivity contribution in [1.29, 1.82) is 0 Å². The maximum atomic E-state index is 12.7. The average Bonchev–Trinajstić information content (AvgIpc) is 3.54. The Balaban J connectivity index is 1.19. The van der Waals surface area contributed by atoms with Gasteiger partial charge in [0.15, 0.2) is 31.5 Å². The number of rotatable bonds is 20. The van der Waals surface area contributed by atoms with Crippen molar-refractivity contribution in [3.63, 3.8) is 0 Å². The molecule has 0 aromatic carbocycles. The third-order valence-corrected chi connectivity index (χ3v) is 14.3. The molecule has 6 fully saturated rings. The maximum Gasteiger partial charge on any atom is 0.217 e. The van der Waals surface area contributed by atoms with Crippen molar-refractivity contribution in [2.75, 3.05) is 39.6 Å². The van der Waals surface area contributed by atoms with Gasteiger partial charge in [0, 0.05) is 27.7 Å². The minimum Gasteiger partial charge on any atom is -0.394 e. The topological polar surface area (TPSA) is 521 Å². The van der Waals surface area contributed by atoms with Crippen molar-refractivity contribution in [2.45, 2.75) is 218 Å². The number of ether oxygens (including phenoxy) is 11. The lowest BCUT2D eigenvalue weighted by Crippen LogP contribution is -2.70. The molecule has 0 radical (unpaired) electrons. The molecule has 6 aliphatic heterocycles. The van der Waals surface area contributed by atoms with Gasteiger partial charge in [-0.3, -0.25) is 19.2 Å². The van der Waals surface area contributed by atoms with Crippen molar-refractivity contribution < 1.29 is 148 Å². The Morgan fingerprint density at radius 2 is 0.646 bits per heavy atom. The van der Waals surface area contributed by atoms with E-state index in [4.69, 9.17) is 52.1 Å². The van der Waals surface area contributed by atoms with Crippen LogP contribution in [0.1, 0.15) is 34.6 Å². The Labute approximate surface area is 450 Å². The molecule has 0 spiro atoms. The van der Waals surface area contributed by atoms with Crippen molar-refractivity contribution >= 4 is 23.6 Å². The Kier molecular flexibility index (Phi) is 23.4. The van der Waals surface area contributed by atoms with E-state index in [1.54, 1.807) is 0 Å². The zero-order valence-electron chi connectivity index (χ0n) is 43.4. The lowest BCUT2D eigenvalue weighted by atomic mass is 9.93. The fourth-order valence-electron chi connectivity index (χ4n) is 10.3.